The van der Waals surface area contributed by atoms with Crippen LogP contribution >= 0.6 is 11.6 Å². The van der Waals surface area contributed by atoms with E-state index in [0.717, 1.165) is 5.82 Å². The van der Waals surface area contributed by atoms with Crippen LogP contribution in [0.1, 0.15) is 51.5 Å². The third-order valence-electron chi connectivity index (χ3n) is 5.07. The zero-order valence-electron chi connectivity index (χ0n) is 19.5. The van der Waals surface area contributed by atoms with Crippen molar-refractivity contribution < 1.29 is 14.7 Å². The summed E-state index contributed by atoms with van der Waals surface area (Å²) in [4.78, 5) is 30.6. The minimum absolute atomic E-state index is 0.245. The highest BCUT2D eigenvalue weighted by Gasteiger charge is 2.20. The summed E-state index contributed by atoms with van der Waals surface area (Å²) in [6.45, 7) is 13.2. The summed E-state index contributed by atoms with van der Waals surface area (Å²) in [6, 6.07) is 4.63. The first-order valence-electron chi connectivity index (χ1n) is 10.9. The summed E-state index contributed by atoms with van der Waals surface area (Å²) >= 11 is 6.36. The van der Waals surface area contributed by atoms with Crippen molar-refractivity contribution in [3.8, 4) is 0 Å². The molecule has 180 valence electrons. The predicted octanol–water partition coefficient (Wildman–Crippen LogP) is 2.90. The highest BCUT2D eigenvalue weighted by atomic mass is 35.5. The van der Waals surface area contributed by atoms with E-state index in [1.165, 1.54) is 0 Å². The van der Waals surface area contributed by atoms with Crippen molar-refractivity contribution in [2.24, 2.45) is 10.9 Å². The predicted molar refractivity (Wildman–Crippen MR) is 131 cm³/mol. The molecule has 33 heavy (non-hydrogen) atoms. The fourth-order valence-electron chi connectivity index (χ4n) is 3.25. The summed E-state index contributed by atoms with van der Waals surface area (Å²) in [5, 5.41) is 16.5. The number of halogens is 1. The number of nitrogens with zero attached hydrogens (tertiary/aromatic N) is 2. The molecule has 1 heterocycles. The topological polar surface area (TPSA) is 118 Å². The Labute approximate surface area is 199 Å². The number of aliphatic hydroxyl groups excluding tert-OH is 1. The Morgan fingerprint density at radius 1 is 1.27 bits per heavy atom. The molecule has 2 unspecified atom stereocenters. The van der Waals surface area contributed by atoms with Crippen LogP contribution in [0.25, 0.3) is 5.70 Å². The van der Waals surface area contributed by atoms with E-state index in [4.69, 9.17) is 11.6 Å². The van der Waals surface area contributed by atoms with Gasteiger partial charge in [0, 0.05) is 23.5 Å². The summed E-state index contributed by atoms with van der Waals surface area (Å²) in [6.07, 6.45) is 3.09. The van der Waals surface area contributed by atoms with Gasteiger partial charge in [-0.2, -0.15) is 0 Å². The van der Waals surface area contributed by atoms with E-state index in [0.29, 0.717) is 35.7 Å². The average Bonchev–Trinajstić information content (AvgIpc) is 2.78. The first-order chi connectivity index (χ1) is 15.7. The maximum absolute atomic E-state index is 12.3. The Morgan fingerprint density at radius 2 is 1.97 bits per heavy atom. The number of benzene rings is 1. The van der Waals surface area contributed by atoms with Crippen molar-refractivity contribution in [2.75, 3.05) is 13.1 Å². The van der Waals surface area contributed by atoms with Crippen LogP contribution in [-0.4, -0.2) is 47.3 Å². The second-order valence-corrected chi connectivity index (χ2v) is 8.30. The minimum atomic E-state index is -0.776. The Balaban J connectivity index is 1.87. The number of amides is 3. The molecule has 1 aliphatic rings. The molecule has 1 aliphatic heterocycles. The Morgan fingerprint density at radius 3 is 2.52 bits per heavy atom. The number of aliphatic imine (C=N–C) groups is 1. The molecule has 0 aromatic heterocycles. The Hall–Kier alpha value is -2.88. The molecule has 10 heteroatoms. The number of aliphatic hydroxyl groups is 1. The van der Waals surface area contributed by atoms with Crippen molar-refractivity contribution in [1.82, 2.24) is 26.4 Å². The van der Waals surface area contributed by atoms with E-state index in [2.05, 4.69) is 33.1 Å². The number of carbonyl (C=O) groups is 2. The molecular formula is C23H33ClN6O3. The van der Waals surface area contributed by atoms with Gasteiger partial charge in [0.25, 0.3) is 0 Å². The van der Waals surface area contributed by atoms with Gasteiger partial charge in [0.2, 0.25) is 5.91 Å². The monoisotopic (exact) mass is 476 g/mol. The van der Waals surface area contributed by atoms with Gasteiger partial charge in [-0.3, -0.25) is 15.1 Å². The second kappa shape index (κ2) is 12.4. The minimum Gasteiger partial charge on any atom is -0.374 e. The molecule has 0 radical (unpaired) electrons. The van der Waals surface area contributed by atoms with E-state index in [1.807, 2.05) is 38.7 Å². The molecular weight excluding hydrogens is 444 g/mol. The van der Waals surface area contributed by atoms with E-state index < -0.39 is 18.2 Å². The normalized spacial score (nSPS) is 16.2. The lowest BCUT2D eigenvalue weighted by molar-refractivity contribution is -0.123. The average molecular weight is 477 g/mol. The summed E-state index contributed by atoms with van der Waals surface area (Å²) in [5.41, 5.74) is 6.08. The van der Waals surface area contributed by atoms with Gasteiger partial charge < -0.3 is 15.7 Å². The first-order valence-corrected chi connectivity index (χ1v) is 11.3. The van der Waals surface area contributed by atoms with Gasteiger partial charge in [-0.15, -0.1) is 0 Å². The van der Waals surface area contributed by atoms with Crippen LogP contribution in [0.5, 0.6) is 0 Å². The van der Waals surface area contributed by atoms with Crippen LogP contribution < -0.4 is 21.5 Å². The van der Waals surface area contributed by atoms with Gasteiger partial charge in [-0.25, -0.2) is 15.2 Å². The molecule has 5 N–H and O–H groups in total. The van der Waals surface area contributed by atoms with Gasteiger partial charge in [0.15, 0.2) is 0 Å². The smallest absolute Gasteiger partial charge is 0.337 e. The Kier molecular flexibility index (Phi) is 9.90. The number of urea groups is 1. The third-order valence-corrected chi connectivity index (χ3v) is 5.38. The maximum atomic E-state index is 12.3. The molecule has 3 amide bonds. The van der Waals surface area contributed by atoms with E-state index in [1.54, 1.807) is 24.4 Å². The van der Waals surface area contributed by atoms with Gasteiger partial charge >= 0.3 is 6.03 Å². The first kappa shape index (κ1) is 26.4. The highest BCUT2D eigenvalue weighted by molar-refractivity contribution is 6.32. The van der Waals surface area contributed by atoms with Crippen LogP contribution in [0, 0.1) is 5.92 Å². The molecule has 0 fully saturated rings. The number of hydrogen-bond acceptors (Lipinski definition) is 6. The lowest BCUT2D eigenvalue weighted by Crippen LogP contribution is -2.48. The fourth-order valence-corrected chi connectivity index (χ4v) is 3.56. The summed E-state index contributed by atoms with van der Waals surface area (Å²) in [5.74, 6) is -0.138. The van der Waals surface area contributed by atoms with Crippen molar-refractivity contribution >= 4 is 35.5 Å². The number of allylic oxidation sites excluding steroid dienone is 1. The molecule has 9 nitrogen and oxygen atoms in total. The van der Waals surface area contributed by atoms with Crippen molar-refractivity contribution in [3.05, 3.63) is 52.8 Å². The molecule has 2 atom stereocenters. The van der Waals surface area contributed by atoms with E-state index in [-0.39, 0.29) is 17.6 Å². The van der Waals surface area contributed by atoms with Crippen LogP contribution in [0.2, 0.25) is 5.02 Å². The fraction of sp³-hybridized carbons (Fsp3) is 0.435. The number of carbonyl (C=O) groups excluding carboxylic acids is 2. The second-order valence-electron chi connectivity index (χ2n) is 7.89. The van der Waals surface area contributed by atoms with Crippen LogP contribution in [-0.2, 0) is 4.79 Å². The zero-order chi connectivity index (χ0) is 24.5. The summed E-state index contributed by atoms with van der Waals surface area (Å²) in [7, 11) is 0. The number of nitrogens with one attached hydrogen (secondary N) is 4. The van der Waals surface area contributed by atoms with Crippen LogP contribution in [0.3, 0.4) is 0 Å². The molecule has 0 bridgehead atoms. The van der Waals surface area contributed by atoms with E-state index >= 15 is 0 Å². The largest absolute Gasteiger partial charge is 0.374 e. The molecule has 1 aromatic carbocycles. The molecule has 0 saturated carbocycles. The van der Waals surface area contributed by atoms with Crippen LogP contribution in [0.4, 0.5) is 4.79 Å². The molecule has 0 spiro atoms. The van der Waals surface area contributed by atoms with Crippen LogP contribution in [0.15, 0.2) is 41.7 Å². The van der Waals surface area contributed by atoms with E-state index in [9.17, 15) is 14.7 Å². The molecule has 1 aromatic rings. The number of hydrogen-bond donors (Lipinski definition) is 5. The van der Waals surface area contributed by atoms with Gasteiger partial charge in [-0.05, 0) is 51.1 Å². The van der Waals surface area contributed by atoms with Gasteiger partial charge in [-0.1, -0.05) is 44.2 Å². The maximum Gasteiger partial charge on any atom is 0.337 e. The molecule has 0 aliphatic carbocycles. The van der Waals surface area contributed by atoms with Crippen molar-refractivity contribution in [1.29, 1.82) is 0 Å². The quantitative estimate of drug-likeness (QED) is 0.277. The van der Waals surface area contributed by atoms with Crippen molar-refractivity contribution in [3.63, 3.8) is 0 Å². The Bertz CT molecular complexity index is 927. The molecule has 0 saturated heterocycles. The lowest BCUT2D eigenvalue weighted by atomic mass is 10.0. The zero-order valence-corrected chi connectivity index (χ0v) is 20.2. The number of rotatable bonds is 9. The third kappa shape index (κ3) is 7.59. The highest BCUT2D eigenvalue weighted by Crippen LogP contribution is 2.27. The lowest BCUT2D eigenvalue weighted by Gasteiger charge is -2.25. The summed E-state index contributed by atoms with van der Waals surface area (Å²) < 4.78 is 0. The number of hydrazine groups is 1. The van der Waals surface area contributed by atoms with Crippen molar-refractivity contribution in [2.45, 2.75) is 46.4 Å². The standard InChI is InChI=1S/C23H33ClN6O3/c1-6-30(7-2)22(32)16-8-10-18(19(24)12-16)15(5)27-23(33)29-28-21(31)17-9-11-20(25-13-17)26-14(3)4/h8,10-14,17,22,26,32H,5-7,9H2,1-4H3,(H,28,31)(H2,27,29,33). The van der Waals surface area contributed by atoms with Gasteiger partial charge in [0.05, 0.1) is 10.9 Å². The van der Waals surface area contributed by atoms with Gasteiger partial charge in [0.1, 0.15) is 12.0 Å². The molecule has 2 rings (SSSR count). The SMILES string of the molecule is C=C(NC(=O)NNC(=O)C1C=NC(NC(C)C)=CC1)c1ccc(C(O)N(CC)CC)cc1Cl.